The first-order valence-electron chi connectivity index (χ1n) is 11.2. The summed E-state index contributed by atoms with van der Waals surface area (Å²) < 4.78 is 3.65. The molecule has 0 radical (unpaired) electrons. The summed E-state index contributed by atoms with van der Waals surface area (Å²) in [4.78, 5) is 17.9. The van der Waals surface area contributed by atoms with Gasteiger partial charge in [-0.05, 0) is 61.4 Å². The maximum absolute atomic E-state index is 13.1. The smallest absolute Gasteiger partial charge is 0.261 e. The number of allylic oxidation sites excluding steroid dienone is 1. The molecule has 5 aromatic rings. The van der Waals surface area contributed by atoms with Gasteiger partial charge in [0, 0.05) is 28.9 Å². The Labute approximate surface area is 201 Å². The Kier molecular flexibility index (Phi) is 4.93. The summed E-state index contributed by atoms with van der Waals surface area (Å²) in [5, 5.41) is 6.03. The summed E-state index contributed by atoms with van der Waals surface area (Å²) in [6.07, 6.45) is 4.90. The van der Waals surface area contributed by atoms with Gasteiger partial charge < -0.3 is 0 Å². The van der Waals surface area contributed by atoms with Crippen molar-refractivity contribution in [1.29, 1.82) is 0 Å². The van der Waals surface area contributed by atoms with Gasteiger partial charge in [0.05, 0.1) is 22.3 Å². The number of aromatic nitrogens is 4. The molecule has 3 aromatic carbocycles. The maximum Gasteiger partial charge on any atom is 0.261 e. The van der Waals surface area contributed by atoms with Crippen LogP contribution in [0.25, 0.3) is 39.5 Å². The van der Waals surface area contributed by atoms with Crippen LogP contribution in [0.3, 0.4) is 0 Å². The summed E-state index contributed by atoms with van der Waals surface area (Å²) in [6, 6.07) is 23.7. The Morgan fingerprint density at radius 3 is 2.68 bits per heavy atom. The standard InChI is InChI=1S/C28H21ClN4O/c1-18-6-5-7-19(14-18)26-21(17-33(31-26)23-8-3-2-4-9-23)15-20-12-13-32-27(20)30-25-11-10-22(29)16-24(25)28(32)34/h2-11,14-17H,12-13H2,1H3/b20-15-. The maximum atomic E-state index is 13.1. The van der Waals surface area contributed by atoms with E-state index in [-0.39, 0.29) is 5.56 Å². The van der Waals surface area contributed by atoms with E-state index >= 15 is 0 Å². The van der Waals surface area contributed by atoms with Crippen molar-refractivity contribution in [2.24, 2.45) is 0 Å². The van der Waals surface area contributed by atoms with E-state index in [1.807, 2.05) is 47.3 Å². The molecule has 1 aliphatic heterocycles. The number of rotatable bonds is 3. The predicted molar refractivity (Wildman–Crippen MR) is 137 cm³/mol. The molecule has 0 saturated heterocycles. The molecule has 0 fully saturated rings. The fourth-order valence-corrected chi connectivity index (χ4v) is 4.71. The van der Waals surface area contributed by atoms with Crippen molar-refractivity contribution in [2.45, 2.75) is 19.9 Å². The number of benzene rings is 3. The average molecular weight is 465 g/mol. The van der Waals surface area contributed by atoms with Gasteiger partial charge in [0.15, 0.2) is 0 Å². The minimum atomic E-state index is -0.0511. The fourth-order valence-electron chi connectivity index (χ4n) is 4.54. The molecule has 166 valence electrons. The monoisotopic (exact) mass is 464 g/mol. The molecule has 0 aliphatic carbocycles. The number of hydrogen-bond acceptors (Lipinski definition) is 3. The lowest BCUT2D eigenvalue weighted by molar-refractivity contribution is 0.725. The fraction of sp³-hybridized carbons (Fsp3) is 0.107. The zero-order valence-electron chi connectivity index (χ0n) is 18.6. The van der Waals surface area contributed by atoms with Crippen LogP contribution in [0.1, 0.15) is 23.4 Å². The number of fused-ring (bicyclic) bond motifs is 2. The molecule has 0 saturated carbocycles. The van der Waals surface area contributed by atoms with E-state index in [1.165, 1.54) is 5.56 Å². The van der Waals surface area contributed by atoms with Gasteiger partial charge in [-0.15, -0.1) is 0 Å². The highest BCUT2D eigenvalue weighted by Gasteiger charge is 2.22. The third-order valence-electron chi connectivity index (χ3n) is 6.19. The number of nitrogens with zero attached hydrogens (tertiary/aromatic N) is 4. The number of hydrogen-bond donors (Lipinski definition) is 0. The molecule has 0 spiro atoms. The highest BCUT2D eigenvalue weighted by atomic mass is 35.5. The zero-order chi connectivity index (χ0) is 23.2. The van der Waals surface area contributed by atoms with Crippen molar-refractivity contribution in [1.82, 2.24) is 19.3 Å². The summed E-state index contributed by atoms with van der Waals surface area (Å²) in [6.45, 7) is 2.68. The van der Waals surface area contributed by atoms with Gasteiger partial charge in [-0.1, -0.05) is 53.6 Å². The van der Waals surface area contributed by atoms with Crippen LogP contribution in [-0.2, 0) is 6.54 Å². The first kappa shape index (κ1) is 20.6. The lowest BCUT2D eigenvalue weighted by Gasteiger charge is -2.06. The largest absolute Gasteiger partial charge is 0.292 e. The highest BCUT2D eigenvalue weighted by molar-refractivity contribution is 6.31. The van der Waals surface area contributed by atoms with Crippen LogP contribution >= 0.6 is 11.6 Å². The van der Waals surface area contributed by atoms with Crippen molar-refractivity contribution in [3.8, 4) is 16.9 Å². The lowest BCUT2D eigenvalue weighted by Crippen LogP contribution is -2.20. The molecule has 6 rings (SSSR count). The van der Waals surface area contributed by atoms with Gasteiger partial charge in [0.1, 0.15) is 5.82 Å². The second kappa shape index (κ2) is 8.12. The van der Waals surface area contributed by atoms with Crippen LogP contribution in [-0.4, -0.2) is 19.3 Å². The van der Waals surface area contributed by atoms with E-state index in [2.05, 4.69) is 31.2 Å². The van der Waals surface area contributed by atoms with E-state index < -0.39 is 0 Å². The van der Waals surface area contributed by atoms with Crippen LogP contribution in [0.2, 0.25) is 5.02 Å². The Hall–Kier alpha value is -3.96. The predicted octanol–water partition coefficient (Wildman–Crippen LogP) is 6.16. The lowest BCUT2D eigenvalue weighted by atomic mass is 10.0. The Morgan fingerprint density at radius 1 is 1.00 bits per heavy atom. The minimum absolute atomic E-state index is 0.0511. The van der Waals surface area contributed by atoms with Crippen LogP contribution in [0, 0.1) is 6.92 Å². The van der Waals surface area contributed by atoms with Gasteiger partial charge in [-0.2, -0.15) is 5.10 Å². The first-order valence-corrected chi connectivity index (χ1v) is 11.6. The minimum Gasteiger partial charge on any atom is -0.292 e. The normalized spacial score (nSPS) is 14.1. The Balaban J connectivity index is 1.53. The summed E-state index contributed by atoms with van der Waals surface area (Å²) in [7, 11) is 0. The summed E-state index contributed by atoms with van der Waals surface area (Å²) in [5.41, 5.74) is 6.74. The quantitative estimate of drug-likeness (QED) is 0.321. The van der Waals surface area contributed by atoms with Crippen LogP contribution in [0.15, 0.2) is 83.8 Å². The summed E-state index contributed by atoms with van der Waals surface area (Å²) >= 11 is 6.12. The first-order chi connectivity index (χ1) is 16.6. The van der Waals surface area contributed by atoms with Crippen LogP contribution < -0.4 is 5.56 Å². The third-order valence-corrected chi connectivity index (χ3v) is 6.43. The topological polar surface area (TPSA) is 52.7 Å². The second-order valence-corrected chi connectivity index (χ2v) is 8.99. The second-order valence-electron chi connectivity index (χ2n) is 8.56. The van der Waals surface area contributed by atoms with Gasteiger partial charge in [-0.25, -0.2) is 9.67 Å². The van der Waals surface area contributed by atoms with Crippen LogP contribution in [0.4, 0.5) is 0 Å². The zero-order valence-corrected chi connectivity index (χ0v) is 19.3. The van der Waals surface area contributed by atoms with E-state index in [0.29, 0.717) is 28.3 Å². The number of para-hydroxylation sites is 1. The molecule has 0 amide bonds. The van der Waals surface area contributed by atoms with Gasteiger partial charge >= 0.3 is 0 Å². The van der Waals surface area contributed by atoms with Crippen molar-refractivity contribution >= 4 is 34.2 Å². The third kappa shape index (κ3) is 3.55. The van der Waals surface area contributed by atoms with Gasteiger partial charge in [0.2, 0.25) is 0 Å². The molecule has 3 heterocycles. The highest BCUT2D eigenvalue weighted by Crippen LogP contribution is 2.32. The molecule has 6 heteroatoms. The van der Waals surface area contributed by atoms with Crippen molar-refractivity contribution in [3.63, 3.8) is 0 Å². The van der Waals surface area contributed by atoms with Crippen LogP contribution in [0.5, 0.6) is 0 Å². The van der Waals surface area contributed by atoms with Crippen molar-refractivity contribution < 1.29 is 0 Å². The van der Waals surface area contributed by atoms with E-state index in [0.717, 1.165) is 34.5 Å². The SMILES string of the molecule is Cc1cccc(-c2nn(-c3ccccc3)cc2/C=C2/CCn3c2nc2ccc(Cl)cc2c3=O)c1. The van der Waals surface area contributed by atoms with Crippen molar-refractivity contribution in [3.05, 3.63) is 111 Å². The number of aryl methyl sites for hydroxylation is 1. The molecule has 5 nitrogen and oxygen atoms in total. The average Bonchev–Trinajstić information content (AvgIpc) is 3.45. The molecule has 34 heavy (non-hydrogen) atoms. The molecule has 0 N–H and O–H groups in total. The van der Waals surface area contributed by atoms with E-state index in [4.69, 9.17) is 21.7 Å². The molecule has 2 aromatic heterocycles. The molecule has 0 bridgehead atoms. The molecular weight excluding hydrogens is 444 g/mol. The number of halogens is 1. The molecule has 0 atom stereocenters. The Bertz CT molecular complexity index is 1650. The molecule has 0 unspecified atom stereocenters. The molecular formula is C28H21ClN4O. The van der Waals surface area contributed by atoms with E-state index in [9.17, 15) is 4.79 Å². The molecule has 1 aliphatic rings. The van der Waals surface area contributed by atoms with Gasteiger partial charge in [-0.3, -0.25) is 9.36 Å². The van der Waals surface area contributed by atoms with Gasteiger partial charge in [0.25, 0.3) is 5.56 Å². The summed E-state index contributed by atoms with van der Waals surface area (Å²) in [5.74, 6) is 0.711. The van der Waals surface area contributed by atoms with Crippen molar-refractivity contribution in [2.75, 3.05) is 0 Å². The Morgan fingerprint density at radius 2 is 1.85 bits per heavy atom. The van der Waals surface area contributed by atoms with E-state index in [1.54, 1.807) is 22.8 Å².